The Morgan fingerprint density at radius 2 is 0.750 bits per heavy atom. The number of carbonyl (C=O) groups is 2. The van der Waals surface area contributed by atoms with Crippen LogP contribution in [0.1, 0.15) is 323 Å². The monoisotopic (exact) mass is 904 g/mol. The molecule has 0 heterocycles. The molecule has 0 aromatic heterocycles. The Labute approximate surface area is 399 Å². The molecule has 0 aliphatic rings. The van der Waals surface area contributed by atoms with E-state index in [9.17, 15) is 19.8 Å². The van der Waals surface area contributed by atoms with Gasteiger partial charge >= 0.3 is 5.97 Å². The third-order valence-electron chi connectivity index (χ3n) is 13.6. The van der Waals surface area contributed by atoms with Crippen molar-refractivity contribution in [3.05, 3.63) is 12.2 Å². The van der Waals surface area contributed by atoms with Crippen LogP contribution in [0.3, 0.4) is 0 Å². The molecule has 0 fully saturated rings. The minimum absolute atomic E-state index is 0.0838. The molecule has 6 nitrogen and oxygen atoms in total. The molecule has 0 aromatic carbocycles. The Morgan fingerprint density at radius 3 is 1.12 bits per heavy atom. The summed E-state index contributed by atoms with van der Waals surface area (Å²) >= 11 is 0. The lowest BCUT2D eigenvalue weighted by molar-refractivity contribution is -0.151. The van der Waals surface area contributed by atoms with E-state index in [1.54, 1.807) is 0 Å². The summed E-state index contributed by atoms with van der Waals surface area (Å²) in [5, 5.41) is 23.9. The predicted octanol–water partition coefficient (Wildman–Crippen LogP) is 17.7. The molecule has 0 spiro atoms. The van der Waals surface area contributed by atoms with Crippen LogP contribution in [-0.4, -0.2) is 46.9 Å². The molecule has 0 bridgehead atoms. The molecule has 3 N–H and O–H groups in total. The van der Waals surface area contributed by atoms with E-state index in [0.29, 0.717) is 19.3 Å². The Kier molecular flexibility index (Phi) is 51.4. The van der Waals surface area contributed by atoms with Crippen molar-refractivity contribution in [1.29, 1.82) is 0 Å². The van der Waals surface area contributed by atoms with E-state index in [0.717, 1.165) is 44.9 Å². The van der Waals surface area contributed by atoms with Gasteiger partial charge in [-0.3, -0.25) is 9.59 Å². The Bertz CT molecular complexity index is 970. The van der Waals surface area contributed by atoms with Gasteiger partial charge in [-0.05, 0) is 51.4 Å². The van der Waals surface area contributed by atoms with Gasteiger partial charge in [-0.25, -0.2) is 0 Å². The smallest absolute Gasteiger partial charge is 0.306 e. The van der Waals surface area contributed by atoms with Crippen LogP contribution in [0.2, 0.25) is 0 Å². The van der Waals surface area contributed by atoms with Crippen molar-refractivity contribution in [2.24, 2.45) is 0 Å². The van der Waals surface area contributed by atoms with Crippen molar-refractivity contribution in [3.63, 3.8) is 0 Å². The van der Waals surface area contributed by atoms with Crippen molar-refractivity contribution < 1.29 is 24.5 Å². The Balaban J connectivity index is 4.49. The topological polar surface area (TPSA) is 95.9 Å². The van der Waals surface area contributed by atoms with Crippen LogP contribution in [0.5, 0.6) is 0 Å². The number of unbranched alkanes of at least 4 members (excludes halogenated alkanes) is 39. The van der Waals surface area contributed by atoms with Gasteiger partial charge in [0.05, 0.1) is 25.2 Å². The molecule has 0 saturated heterocycles. The van der Waals surface area contributed by atoms with Crippen LogP contribution in [0.4, 0.5) is 0 Å². The number of hydrogen-bond acceptors (Lipinski definition) is 5. The molecule has 6 heteroatoms. The molecule has 0 aliphatic carbocycles. The van der Waals surface area contributed by atoms with Crippen LogP contribution in [0.15, 0.2) is 12.2 Å². The largest absolute Gasteiger partial charge is 0.462 e. The second kappa shape index (κ2) is 52.6. The third kappa shape index (κ3) is 47.1. The quantitative estimate of drug-likeness (QED) is 0.0321. The predicted molar refractivity (Wildman–Crippen MR) is 278 cm³/mol. The number of amides is 1. The number of rotatable bonds is 53. The van der Waals surface area contributed by atoms with Crippen LogP contribution in [-0.2, 0) is 14.3 Å². The molecule has 64 heavy (non-hydrogen) atoms. The van der Waals surface area contributed by atoms with Crippen molar-refractivity contribution in [2.75, 3.05) is 6.61 Å². The van der Waals surface area contributed by atoms with Crippen LogP contribution < -0.4 is 5.32 Å². The molecule has 0 rings (SSSR count). The zero-order chi connectivity index (χ0) is 46.7. The Morgan fingerprint density at radius 1 is 0.438 bits per heavy atom. The van der Waals surface area contributed by atoms with E-state index in [-0.39, 0.29) is 24.9 Å². The minimum atomic E-state index is -0.783. The maximum absolute atomic E-state index is 13.3. The summed E-state index contributed by atoms with van der Waals surface area (Å²) in [7, 11) is 0. The highest BCUT2D eigenvalue weighted by Crippen LogP contribution is 2.19. The Hall–Kier alpha value is -1.40. The lowest BCUT2D eigenvalue weighted by Crippen LogP contribution is -2.46. The lowest BCUT2D eigenvalue weighted by Gasteiger charge is -2.24. The van der Waals surface area contributed by atoms with Gasteiger partial charge < -0.3 is 20.3 Å². The summed E-state index contributed by atoms with van der Waals surface area (Å²) in [5.41, 5.74) is 0. The highest BCUT2D eigenvalue weighted by molar-refractivity contribution is 5.77. The molecule has 3 atom stereocenters. The third-order valence-corrected chi connectivity index (χ3v) is 13.6. The number of esters is 1. The fourth-order valence-corrected chi connectivity index (χ4v) is 9.19. The number of carbonyl (C=O) groups excluding carboxylic acids is 2. The molecule has 1 amide bonds. The highest BCUT2D eigenvalue weighted by atomic mass is 16.5. The van der Waals surface area contributed by atoms with Gasteiger partial charge in [0.25, 0.3) is 0 Å². The average Bonchev–Trinajstić information content (AvgIpc) is 3.29. The molecule has 0 saturated carbocycles. The van der Waals surface area contributed by atoms with Gasteiger partial charge in [-0.2, -0.15) is 0 Å². The summed E-state index contributed by atoms with van der Waals surface area (Å²) in [6.07, 6.45) is 59.9. The number of aliphatic hydroxyl groups excluding tert-OH is 2. The normalized spacial score (nSPS) is 13.1. The summed E-state index contributed by atoms with van der Waals surface area (Å²) in [6, 6.07) is -0.696. The van der Waals surface area contributed by atoms with Crippen molar-refractivity contribution in [3.8, 4) is 0 Å². The van der Waals surface area contributed by atoms with E-state index in [1.807, 2.05) is 0 Å². The molecule has 0 aliphatic heterocycles. The van der Waals surface area contributed by atoms with Gasteiger partial charge in [0, 0.05) is 6.42 Å². The molecule has 380 valence electrons. The maximum Gasteiger partial charge on any atom is 0.306 e. The zero-order valence-corrected chi connectivity index (χ0v) is 43.4. The second-order valence-corrected chi connectivity index (χ2v) is 20.1. The standard InChI is InChI=1S/C58H113NO5/c1-4-7-10-13-16-19-22-25-28-30-32-35-38-41-44-47-50-56(61)55(53-60)59-57(62)52-54(49-46-43-40-37-34-31-27-24-21-18-15-12-9-6-3)64-58(63)51-48-45-42-39-36-33-29-26-23-20-17-14-11-8-5-2/h20,23,54-56,60-61H,4-19,21-22,24-53H2,1-3H3,(H,59,62)/b23-20-. The molecule has 0 aromatic rings. The molecule has 0 radical (unpaired) electrons. The van der Waals surface area contributed by atoms with E-state index in [4.69, 9.17) is 4.74 Å². The van der Waals surface area contributed by atoms with Crippen molar-refractivity contribution in [1.82, 2.24) is 5.32 Å². The fraction of sp³-hybridized carbons (Fsp3) is 0.931. The van der Waals surface area contributed by atoms with Crippen molar-refractivity contribution >= 4 is 11.9 Å². The number of aliphatic hydroxyl groups is 2. The summed E-state index contributed by atoms with van der Waals surface area (Å²) in [6.45, 7) is 6.52. The van der Waals surface area contributed by atoms with E-state index in [1.165, 1.54) is 231 Å². The van der Waals surface area contributed by atoms with Crippen LogP contribution in [0, 0.1) is 0 Å². The first-order valence-electron chi connectivity index (χ1n) is 28.9. The first kappa shape index (κ1) is 62.6. The molecular weight excluding hydrogens is 791 g/mol. The SMILES string of the molecule is CCCCCC/C=C\CCCCCCCCCC(=O)OC(CCCCCCCCCCCCCCCC)CC(=O)NC(CO)C(O)CCCCCCCCCCCCCCCCCC. The first-order chi connectivity index (χ1) is 31.5. The number of hydrogen-bond donors (Lipinski definition) is 3. The minimum Gasteiger partial charge on any atom is -0.462 e. The summed E-state index contributed by atoms with van der Waals surface area (Å²) in [4.78, 5) is 26.2. The fourth-order valence-electron chi connectivity index (χ4n) is 9.19. The van der Waals surface area contributed by atoms with Crippen molar-refractivity contribution in [2.45, 2.75) is 341 Å². The maximum atomic E-state index is 13.3. The average molecular weight is 905 g/mol. The molecular formula is C58H113NO5. The number of ether oxygens (including phenoxy) is 1. The lowest BCUT2D eigenvalue weighted by atomic mass is 10.0. The summed E-state index contributed by atoms with van der Waals surface area (Å²) in [5.74, 6) is -0.456. The highest BCUT2D eigenvalue weighted by Gasteiger charge is 2.24. The summed E-state index contributed by atoms with van der Waals surface area (Å²) < 4.78 is 5.96. The number of nitrogens with one attached hydrogen (secondary N) is 1. The second-order valence-electron chi connectivity index (χ2n) is 20.1. The van der Waals surface area contributed by atoms with Gasteiger partial charge in [0.15, 0.2) is 0 Å². The van der Waals surface area contributed by atoms with E-state index < -0.39 is 18.2 Å². The van der Waals surface area contributed by atoms with Gasteiger partial charge in [0.1, 0.15) is 6.10 Å². The van der Waals surface area contributed by atoms with Gasteiger partial charge in [-0.15, -0.1) is 0 Å². The number of allylic oxidation sites excluding steroid dienone is 2. The first-order valence-corrected chi connectivity index (χ1v) is 28.9. The van der Waals surface area contributed by atoms with Gasteiger partial charge in [0.2, 0.25) is 5.91 Å². The van der Waals surface area contributed by atoms with Crippen LogP contribution in [0.25, 0.3) is 0 Å². The van der Waals surface area contributed by atoms with E-state index >= 15 is 0 Å². The van der Waals surface area contributed by atoms with E-state index in [2.05, 4.69) is 38.2 Å². The molecule has 3 unspecified atom stereocenters. The zero-order valence-electron chi connectivity index (χ0n) is 43.4. The van der Waals surface area contributed by atoms with Gasteiger partial charge in [-0.1, -0.05) is 270 Å². The van der Waals surface area contributed by atoms with Crippen LogP contribution >= 0.6 is 0 Å².